The Hall–Kier alpha value is -2.43. The van der Waals surface area contributed by atoms with E-state index in [0.717, 1.165) is 52.0 Å². The van der Waals surface area contributed by atoms with Crippen molar-refractivity contribution < 1.29 is 18.7 Å². The number of hydrazine groups is 1. The number of nitrogens with one attached hydrogen (secondary N) is 1. The second kappa shape index (κ2) is 12.9. The van der Waals surface area contributed by atoms with Gasteiger partial charge in [0.15, 0.2) is 5.17 Å². The van der Waals surface area contributed by atoms with Gasteiger partial charge in [0.05, 0.1) is 4.91 Å². The number of hydrogen-bond acceptors (Lipinski definition) is 7. The van der Waals surface area contributed by atoms with E-state index in [2.05, 4.69) is 29.2 Å². The maximum Gasteiger partial charge on any atom is 0.415 e. The molecule has 0 spiro atoms. The van der Waals surface area contributed by atoms with Gasteiger partial charge in [-0.25, -0.2) is 14.6 Å². The van der Waals surface area contributed by atoms with Gasteiger partial charge in [0.25, 0.3) is 5.91 Å². The number of aliphatic imine (C=N–C) groups is 1. The zero-order valence-electron chi connectivity index (χ0n) is 20.2. The van der Waals surface area contributed by atoms with Gasteiger partial charge in [0, 0.05) is 31.7 Å². The number of carbonyl (C=O) groups is 2. The van der Waals surface area contributed by atoms with Crippen LogP contribution in [0.15, 0.2) is 28.1 Å². The lowest BCUT2D eigenvalue weighted by atomic mass is 10.1. The van der Waals surface area contributed by atoms with Gasteiger partial charge in [-0.3, -0.25) is 9.80 Å². The van der Waals surface area contributed by atoms with Crippen molar-refractivity contribution in [3.8, 4) is 5.75 Å². The third-order valence-electron chi connectivity index (χ3n) is 5.84. The Kier molecular flexibility index (Phi) is 9.91. The zero-order valence-corrected chi connectivity index (χ0v) is 21.0. The molecule has 3 rings (SSSR count). The van der Waals surface area contributed by atoms with Crippen molar-refractivity contribution in [2.45, 2.75) is 40.0 Å². The van der Waals surface area contributed by atoms with Crippen molar-refractivity contribution in [3.63, 3.8) is 0 Å². The lowest BCUT2D eigenvalue weighted by Crippen LogP contribution is -2.45. The maximum atomic E-state index is 14.0. The number of amides is 2. The van der Waals surface area contributed by atoms with Crippen LogP contribution in [0.2, 0.25) is 0 Å². The standard InChI is InChI=1S/C24H34FN5O3S/c1-4-28(5-2)13-9-14-29(6-3)24(32)33-20-11-10-19(25)16-18(20)17-21-22(31)27-23(34-21)30-15-8-7-12-26-30/h10-11,16-17,26H,4-9,12-15H2,1-3H3. The molecular weight excluding hydrogens is 457 g/mol. The Bertz CT molecular complexity index is 929. The van der Waals surface area contributed by atoms with E-state index in [0.29, 0.717) is 28.7 Å². The Balaban J connectivity index is 1.68. The Labute approximate surface area is 205 Å². The quantitative estimate of drug-likeness (QED) is 0.524. The smallest absolute Gasteiger partial charge is 0.410 e. The van der Waals surface area contributed by atoms with Gasteiger partial charge in [-0.2, -0.15) is 4.99 Å². The topological polar surface area (TPSA) is 77.5 Å². The average Bonchev–Trinajstić information content (AvgIpc) is 3.21. The van der Waals surface area contributed by atoms with Gasteiger partial charge in [0.1, 0.15) is 11.6 Å². The lowest BCUT2D eigenvalue weighted by Gasteiger charge is -2.28. The summed E-state index contributed by atoms with van der Waals surface area (Å²) in [7, 11) is 0. The van der Waals surface area contributed by atoms with Crippen LogP contribution in [0.4, 0.5) is 9.18 Å². The Morgan fingerprint density at radius 2 is 2.03 bits per heavy atom. The molecule has 1 fully saturated rings. The van der Waals surface area contributed by atoms with E-state index >= 15 is 0 Å². The van der Waals surface area contributed by atoms with Gasteiger partial charge in [-0.1, -0.05) is 13.8 Å². The second-order valence-corrected chi connectivity index (χ2v) is 9.10. The molecular formula is C24H34FN5O3S. The molecule has 2 amide bonds. The van der Waals surface area contributed by atoms with Gasteiger partial charge < -0.3 is 14.5 Å². The fourth-order valence-corrected chi connectivity index (χ4v) is 4.70. The van der Waals surface area contributed by atoms with Gasteiger partial charge >= 0.3 is 6.09 Å². The molecule has 186 valence electrons. The number of ether oxygens (including phenoxy) is 1. The highest BCUT2D eigenvalue weighted by Gasteiger charge is 2.27. The first kappa shape index (κ1) is 26.2. The van der Waals surface area contributed by atoms with Crippen LogP contribution in [0.1, 0.15) is 45.6 Å². The van der Waals surface area contributed by atoms with Crippen LogP contribution < -0.4 is 10.2 Å². The van der Waals surface area contributed by atoms with E-state index in [1.54, 1.807) is 4.90 Å². The SMILES string of the molecule is CCN(CC)CCCN(CC)C(=O)Oc1ccc(F)cc1C=C1SC(N2CCCCN2)=NC1=O. The number of rotatable bonds is 9. The Morgan fingerprint density at radius 3 is 2.71 bits per heavy atom. The minimum atomic E-state index is -0.492. The number of benzene rings is 1. The summed E-state index contributed by atoms with van der Waals surface area (Å²) in [6.45, 7) is 11.6. The minimum absolute atomic E-state index is 0.207. The summed E-state index contributed by atoms with van der Waals surface area (Å²) in [5, 5.41) is 2.45. The number of hydrogen-bond donors (Lipinski definition) is 1. The largest absolute Gasteiger partial charge is 0.415 e. The molecule has 0 bridgehead atoms. The van der Waals surface area contributed by atoms with Crippen LogP contribution in [0.25, 0.3) is 6.08 Å². The highest BCUT2D eigenvalue weighted by Crippen LogP contribution is 2.33. The first-order valence-corrected chi connectivity index (χ1v) is 12.8. The second-order valence-electron chi connectivity index (χ2n) is 8.09. The average molecular weight is 492 g/mol. The summed E-state index contributed by atoms with van der Waals surface area (Å²) in [5.41, 5.74) is 3.55. The summed E-state index contributed by atoms with van der Waals surface area (Å²) in [6.07, 6.45) is 3.98. The summed E-state index contributed by atoms with van der Waals surface area (Å²) in [6, 6.07) is 3.92. The predicted octanol–water partition coefficient (Wildman–Crippen LogP) is 3.95. The van der Waals surface area contributed by atoms with Crippen LogP contribution in [-0.2, 0) is 4.79 Å². The molecule has 1 aromatic carbocycles. The molecule has 2 aliphatic rings. The van der Waals surface area contributed by atoms with E-state index in [1.165, 1.54) is 36.0 Å². The molecule has 8 nitrogen and oxygen atoms in total. The van der Waals surface area contributed by atoms with E-state index in [-0.39, 0.29) is 11.7 Å². The molecule has 1 saturated heterocycles. The fraction of sp³-hybridized carbons (Fsp3) is 0.542. The van der Waals surface area contributed by atoms with Crippen molar-refractivity contribution in [1.29, 1.82) is 0 Å². The number of halogens is 1. The van der Waals surface area contributed by atoms with Crippen molar-refractivity contribution in [3.05, 3.63) is 34.5 Å². The van der Waals surface area contributed by atoms with Crippen LogP contribution in [0.5, 0.6) is 5.75 Å². The third kappa shape index (κ3) is 7.04. The lowest BCUT2D eigenvalue weighted by molar-refractivity contribution is -0.113. The van der Waals surface area contributed by atoms with Crippen molar-refractivity contribution >= 4 is 35.0 Å². The monoisotopic (exact) mass is 491 g/mol. The molecule has 2 aliphatic heterocycles. The summed E-state index contributed by atoms with van der Waals surface area (Å²) in [4.78, 5) is 33.7. The summed E-state index contributed by atoms with van der Waals surface area (Å²) < 4.78 is 19.7. The molecule has 0 aliphatic carbocycles. The highest BCUT2D eigenvalue weighted by molar-refractivity contribution is 8.18. The summed E-state index contributed by atoms with van der Waals surface area (Å²) >= 11 is 1.23. The fourth-order valence-electron chi connectivity index (χ4n) is 3.79. The van der Waals surface area contributed by atoms with Crippen LogP contribution in [0.3, 0.4) is 0 Å². The number of thioether (sulfide) groups is 1. The first-order chi connectivity index (χ1) is 16.4. The van der Waals surface area contributed by atoms with Crippen molar-refractivity contribution in [2.75, 3.05) is 45.8 Å². The molecule has 0 radical (unpaired) electrons. The Morgan fingerprint density at radius 1 is 1.24 bits per heavy atom. The first-order valence-electron chi connectivity index (χ1n) is 12.0. The van der Waals surface area contributed by atoms with Crippen LogP contribution in [0, 0.1) is 5.82 Å². The van der Waals surface area contributed by atoms with E-state index in [4.69, 9.17) is 4.74 Å². The molecule has 0 atom stereocenters. The molecule has 34 heavy (non-hydrogen) atoms. The highest BCUT2D eigenvalue weighted by atomic mass is 32.2. The predicted molar refractivity (Wildman–Crippen MR) is 134 cm³/mol. The molecule has 1 N–H and O–H groups in total. The molecule has 1 aromatic rings. The van der Waals surface area contributed by atoms with Crippen LogP contribution in [-0.4, -0.2) is 77.8 Å². The van der Waals surface area contributed by atoms with Crippen LogP contribution >= 0.6 is 11.8 Å². The molecule has 0 aromatic heterocycles. The van der Waals surface area contributed by atoms with Gasteiger partial charge in [-0.05, 0) is 81.9 Å². The molecule has 2 heterocycles. The maximum absolute atomic E-state index is 14.0. The molecule has 0 saturated carbocycles. The third-order valence-corrected chi connectivity index (χ3v) is 6.85. The van der Waals surface area contributed by atoms with Crippen molar-refractivity contribution in [2.24, 2.45) is 4.99 Å². The number of amidine groups is 1. The number of nitrogens with zero attached hydrogens (tertiary/aromatic N) is 4. The number of carbonyl (C=O) groups excluding carboxylic acids is 2. The zero-order chi connectivity index (χ0) is 24.5. The summed E-state index contributed by atoms with van der Waals surface area (Å²) in [5.74, 6) is -0.660. The van der Waals surface area contributed by atoms with E-state index in [9.17, 15) is 14.0 Å². The molecule has 0 unspecified atom stereocenters. The van der Waals surface area contributed by atoms with Crippen molar-refractivity contribution in [1.82, 2.24) is 20.2 Å². The van der Waals surface area contributed by atoms with Gasteiger partial charge in [-0.15, -0.1) is 0 Å². The minimum Gasteiger partial charge on any atom is -0.410 e. The van der Waals surface area contributed by atoms with Gasteiger partial charge in [0.2, 0.25) is 0 Å². The molecule has 10 heteroatoms. The van der Waals surface area contributed by atoms with E-state index < -0.39 is 11.9 Å². The van der Waals surface area contributed by atoms with E-state index in [1.807, 2.05) is 11.9 Å². The normalized spacial score (nSPS) is 17.4.